The molecule has 1 nitrogen and oxygen atoms in total. The standard InChI is InChI=1S/C10H10BrFO/c1-7(6-13)9-4-8(5-11)2-3-10(9)12/h2-4,6-7H,5H2,1H3. The molecule has 1 rings (SSSR count). The molecule has 0 aliphatic heterocycles. The van der Waals surface area contributed by atoms with Gasteiger partial charge in [-0.1, -0.05) is 35.0 Å². The van der Waals surface area contributed by atoms with E-state index in [2.05, 4.69) is 15.9 Å². The number of carbonyl (C=O) groups excluding carboxylic acids is 1. The van der Waals surface area contributed by atoms with Crippen molar-refractivity contribution in [3.05, 3.63) is 35.1 Å². The van der Waals surface area contributed by atoms with Crippen LogP contribution in [0.15, 0.2) is 18.2 Å². The van der Waals surface area contributed by atoms with Crippen LogP contribution in [0.1, 0.15) is 24.0 Å². The molecule has 0 radical (unpaired) electrons. The molecule has 0 aliphatic rings. The molecule has 0 bridgehead atoms. The van der Waals surface area contributed by atoms with Crippen LogP contribution in [0.2, 0.25) is 0 Å². The Morgan fingerprint density at radius 1 is 1.62 bits per heavy atom. The average Bonchev–Trinajstić information content (AvgIpc) is 2.17. The molecule has 0 aliphatic carbocycles. The number of carbonyl (C=O) groups is 1. The van der Waals surface area contributed by atoms with Gasteiger partial charge < -0.3 is 4.79 Å². The van der Waals surface area contributed by atoms with Gasteiger partial charge in [0.15, 0.2) is 0 Å². The Bertz CT molecular complexity index is 312. The minimum absolute atomic E-state index is 0.315. The predicted octanol–water partition coefficient (Wildman–Crippen LogP) is 3.02. The summed E-state index contributed by atoms with van der Waals surface area (Å²) >= 11 is 3.28. The van der Waals surface area contributed by atoms with Crippen LogP contribution in [0.5, 0.6) is 0 Å². The number of halogens is 2. The van der Waals surface area contributed by atoms with Crippen LogP contribution in [0.25, 0.3) is 0 Å². The van der Waals surface area contributed by atoms with E-state index in [9.17, 15) is 9.18 Å². The molecule has 0 saturated heterocycles. The van der Waals surface area contributed by atoms with Crippen LogP contribution < -0.4 is 0 Å². The van der Waals surface area contributed by atoms with Gasteiger partial charge in [0.1, 0.15) is 12.1 Å². The summed E-state index contributed by atoms with van der Waals surface area (Å²) in [6, 6.07) is 4.81. The third-order valence-corrected chi connectivity index (χ3v) is 2.56. The van der Waals surface area contributed by atoms with E-state index >= 15 is 0 Å². The highest BCUT2D eigenvalue weighted by atomic mass is 79.9. The summed E-state index contributed by atoms with van der Waals surface area (Å²) in [7, 11) is 0. The summed E-state index contributed by atoms with van der Waals surface area (Å²) in [5.41, 5.74) is 1.44. The van der Waals surface area contributed by atoms with Gasteiger partial charge in [-0.3, -0.25) is 0 Å². The Morgan fingerprint density at radius 2 is 2.31 bits per heavy atom. The number of hydrogen-bond donors (Lipinski definition) is 0. The van der Waals surface area contributed by atoms with Gasteiger partial charge in [0, 0.05) is 11.2 Å². The van der Waals surface area contributed by atoms with E-state index < -0.39 is 0 Å². The summed E-state index contributed by atoms with van der Waals surface area (Å²) < 4.78 is 13.2. The van der Waals surface area contributed by atoms with Crippen LogP contribution in [0.4, 0.5) is 4.39 Å². The molecule has 0 saturated carbocycles. The van der Waals surface area contributed by atoms with Crippen LogP contribution in [-0.4, -0.2) is 6.29 Å². The smallest absolute Gasteiger partial charge is 0.127 e. The van der Waals surface area contributed by atoms with Crippen LogP contribution in [0, 0.1) is 5.82 Å². The zero-order chi connectivity index (χ0) is 9.84. The fourth-order valence-electron chi connectivity index (χ4n) is 1.10. The van der Waals surface area contributed by atoms with Crippen molar-refractivity contribution in [3.63, 3.8) is 0 Å². The molecular formula is C10H10BrFO. The number of benzene rings is 1. The normalized spacial score (nSPS) is 12.5. The lowest BCUT2D eigenvalue weighted by Crippen LogP contribution is -1.99. The van der Waals surface area contributed by atoms with E-state index in [1.807, 2.05) is 0 Å². The van der Waals surface area contributed by atoms with Crippen molar-refractivity contribution in [2.45, 2.75) is 18.2 Å². The number of aldehydes is 1. The summed E-state index contributed by atoms with van der Waals surface area (Å²) in [4.78, 5) is 10.5. The Kier molecular flexibility index (Phi) is 3.60. The van der Waals surface area contributed by atoms with Crippen LogP contribution in [-0.2, 0) is 10.1 Å². The van der Waals surface area contributed by atoms with Crippen molar-refractivity contribution in [1.29, 1.82) is 0 Å². The Morgan fingerprint density at radius 3 is 2.85 bits per heavy atom. The molecule has 1 unspecified atom stereocenters. The molecule has 0 fully saturated rings. The Balaban J connectivity index is 3.10. The summed E-state index contributed by atoms with van der Waals surface area (Å²) in [5, 5.41) is 0.672. The summed E-state index contributed by atoms with van der Waals surface area (Å²) in [6.45, 7) is 1.68. The molecular weight excluding hydrogens is 235 g/mol. The largest absolute Gasteiger partial charge is 0.303 e. The van der Waals surface area contributed by atoms with Gasteiger partial charge in [-0.15, -0.1) is 0 Å². The zero-order valence-electron chi connectivity index (χ0n) is 7.26. The van der Waals surface area contributed by atoms with Crippen molar-refractivity contribution in [2.75, 3.05) is 0 Å². The highest BCUT2D eigenvalue weighted by Crippen LogP contribution is 2.19. The Hall–Kier alpha value is -0.700. The van der Waals surface area contributed by atoms with Gasteiger partial charge >= 0.3 is 0 Å². The van der Waals surface area contributed by atoms with E-state index in [0.717, 1.165) is 11.8 Å². The molecule has 0 amide bonds. The van der Waals surface area contributed by atoms with Crippen LogP contribution in [0.3, 0.4) is 0 Å². The monoisotopic (exact) mass is 244 g/mol. The van der Waals surface area contributed by atoms with Crippen molar-refractivity contribution >= 4 is 22.2 Å². The van der Waals surface area contributed by atoms with Gasteiger partial charge in [0.05, 0.1) is 0 Å². The molecule has 0 N–H and O–H groups in total. The minimum Gasteiger partial charge on any atom is -0.303 e. The summed E-state index contributed by atoms with van der Waals surface area (Å²) in [6.07, 6.45) is 0.746. The topological polar surface area (TPSA) is 17.1 Å². The Labute approximate surface area is 85.1 Å². The molecule has 1 aromatic rings. The molecule has 0 spiro atoms. The highest BCUT2D eigenvalue weighted by Gasteiger charge is 2.09. The number of rotatable bonds is 3. The van der Waals surface area contributed by atoms with E-state index in [4.69, 9.17) is 0 Å². The summed E-state index contributed by atoms with van der Waals surface area (Å²) in [5.74, 6) is -0.691. The molecule has 70 valence electrons. The second-order valence-corrected chi connectivity index (χ2v) is 3.47. The maximum absolute atomic E-state index is 13.2. The lowest BCUT2D eigenvalue weighted by molar-refractivity contribution is -0.108. The molecule has 13 heavy (non-hydrogen) atoms. The van der Waals surface area contributed by atoms with Gasteiger partial charge in [-0.2, -0.15) is 0 Å². The first-order chi connectivity index (χ1) is 6.19. The first-order valence-electron chi connectivity index (χ1n) is 3.98. The van der Waals surface area contributed by atoms with E-state index in [-0.39, 0.29) is 11.7 Å². The maximum atomic E-state index is 13.2. The molecule has 0 aromatic heterocycles. The fourth-order valence-corrected chi connectivity index (χ4v) is 1.45. The quantitative estimate of drug-likeness (QED) is 0.590. The third kappa shape index (κ3) is 2.37. The van der Waals surface area contributed by atoms with E-state index in [0.29, 0.717) is 10.9 Å². The molecule has 1 aromatic carbocycles. The van der Waals surface area contributed by atoms with Gasteiger partial charge in [-0.05, 0) is 17.2 Å². The average molecular weight is 245 g/mol. The second-order valence-electron chi connectivity index (χ2n) is 2.91. The van der Waals surface area contributed by atoms with Crippen molar-refractivity contribution < 1.29 is 9.18 Å². The van der Waals surface area contributed by atoms with Crippen molar-refractivity contribution in [2.24, 2.45) is 0 Å². The number of alkyl halides is 1. The molecule has 3 heteroatoms. The fraction of sp³-hybridized carbons (Fsp3) is 0.300. The van der Waals surface area contributed by atoms with Crippen LogP contribution >= 0.6 is 15.9 Å². The molecule has 0 heterocycles. The van der Waals surface area contributed by atoms with Gasteiger partial charge in [0.2, 0.25) is 0 Å². The van der Waals surface area contributed by atoms with Crippen molar-refractivity contribution in [1.82, 2.24) is 0 Å². The van der Waals surface area contributed by atoms with E-state index in [1.165, 1.54) is 6.07 Å². The second kappa shape index (κ2) is 4.51. The number of hydrogen-bond acceptors (Lipinski definition) is 1. The lowest BCUT2D eigenvalue weighted by atomic mass is 10.0. The highest BCUT2D eigenvalue weighted by molar-refractivity contribution is 9.08. The first kappa shape index (κ1) is 10.4. The third-order valence-electron chi connectivity index (χ3n) is 1.91. The van der Waals surface area contributed by atoms with Gasteiger partial charge in [0.25, 0.3) is 0 Å². The zero-order valence-corrected chi connectivity index (χ0v) is 8.84. The maximum Gasteiger partial charge on any atom is 0.127 e. The van der Waals surface area contributed by atoms with Gasteiger partial charge in [-0.25, -0.2) is 4.39 Å². The lowest BCUT2D eigenvalue weighted by Gasteiger charge is -2.07. The SMILES string of the molecule is CC(C=O)c1cc(CBr)ccc1F. The minimum atomic E-state index is -0.376. The first-order valence-corrected chi connectivity index (χ1v) is 5.10. The predicted molar refractivity (Wildman–Crippen MR) is 53.5 cm³/mol. The molecule has 1 atom stereocenters. The van der Waals surface area contributed by atoms with E-state index in [1.54, 1.807) is 19.1 Å². The van der Waals surface area contributed by atoms with Crippen molar-refractivity contribution in [3.8, 4) is 0 Å².